The normalized spacial score (nSPS) is 11.0. The molecule has 122 valence electrons. The van der Waals surface area contributed by atoms with Gasteiger partial charge in [-0.3, -0.25) is 4.79 Å². The number of aromatic carboxylic acids is 1. The van der Waals surface area contributed by atoms with Crippen molar-refractivity contribution in [1.82, 2.24) is 5.32 Å². The van der Waals surface area contributed by atoms with Crippen LogP contribution >= 0.6 is 11.8 Å². The predicted molar refractivity (Wildman–Crippen MR) is 84.2 cm³/mol. The fourth-order valence-corrected chi connectivity index (χ4v) is 2.40. The van der Waals surface area contributed by atoms with Crippen LogP contribution in [0.3, 0.4) is 0 Å². The summed E-state index contributed by atoms with van der Waals surface area (Å²) in [6, 6.07) is 3.88. The maximum Gasteiger partial charge on any atom is 0.340 e. The molecule has 0 saturated carbocycles. The highest BCUT2D eigenvalue weighted by Crippen LogP contribution is 2.24. The van der Waals surface area contributed by atoms with Crippen LogP contribution < -0.4 is 9.50 Å². The zero-order valence-corrected chi connectivity index (χ0v) is 13.8. The summed E-state index contributed by atoms with van der Waals surface area (Å²) in [6.45, 7) is 1.74. The average Bonchev–Trinajstić information content (AvgIpc) is 2.46. The van der Waals surface area contributed by atoms with E-state index in [1.807, 2.05) is 6.26 Å². The number of thioether (sulfide) groups is 1. The molecule has 0 spiro atoms. The molecule has 22 heavy (non-hydrogen) atoms. The van der Waals surface area contributed by atoms with Gasteiger partial charge in [-0.25, -0.2) is 4.79 Å². The topological polar surface area (TPSA) is 110 Å². The number of carbonyl (C=O) groups excluding carboxylic acids is 1. The third-order valence-electron chi connectivity index (χ3n) is 2.65. The molecule has 1 rings (SSSR count). The number of carboxylic acids is 1. The van der Waals surface area contributed by atoms with E-state index in [1.165, 1.54) is 36.9 Å². The van der Waals surface area contributed by atoms with E-state index in [0.717, 1.165) is 0 Å². The van der Waals surface area contributed by atoms with Crippen molar-refractivity contribution in [3.05, 3.63) is 29.3 Å². The summed E-state index contributed by atoms with van der Waals surface area (Å²) in [5.74, 6) is -2.03. The molecule has 0 aliphatic heterocycles. The van der Waals surface area contributed by atoms with Crippen LogP contribution in [-0.4, -0.2) is 49.7 Å². The second-order valence-corrected chi connectivity index (χ2v) is 7.01. The summed E-state index contributed by atoms with van der Waals surface area (Å²) in [5, 5.41) is 11.8. The van der Waals surface area contributed by atoms with Crippen LogP contribution in [0.4, 0.5) is 0 Å². The molecule has 0 aliphatic carbocycles. The summed E-state index contributed by atoms with van der Waals surface area (Å²) in [5.41, 5.74) is -0.612. The molecule has 9 heteroatoms. The van der Waals surface area contributed by atoms with Crippen molar-refractivity contribution in [2.24, 2.45) is 0 Å². The van der Waals surface area contributed by atoms with Crippen LogP contribution in [0.1, 0.15) is 27.6 Å². The quantitative estimate of drug-likeness (QED) is 0.537. The van der Waals surface area contributed by atoms with Gasteiger partial charge >= 0.3 is 16.1 Å². The third-order valence-corrected chi connectivity index (χ3v) is 4.40. The van der Waals surface area contributed by atoms with Crippen molar-refractivity contribution in [3.8, 4) is 5.75 Å². The Morgan fingerprint density at radius 2 is 2.05 bits per heavy atom. The Morgan fingerprint density at radius 1 is 1.36 bits per heavy atom. The van der Waals surface area contributed by atoms with Crippen LogP contribution in [0.25, 0.3) is 0 Å². The van der Waals surface area contributed by atoms with Crippen molar-refractivity contribution in [2.75, 3.05) is 24.3 Å². The molecule has 1 aromatic rings. The number of carbonyl (C=O) groups is 2. The van der Waals surface area contributed by atoms with Crippen molar-refractivity contribution < 1.29 is 27.3 Å². The van der Waals surface area contributed by atoms with Gasteiger partial charge in [0.1, 0.15) is 5.56 Å². The maximum absolute atomic E-state index is 12.0. The molecule has 0 aromatic heterocycles. The fraction of sp³-hybridized carbons (Fsp3) is 0.385. The van der Waals surface area contributed by atoms with Gasteiger partial charge in [-0.2, -0.15) is 20.2 Å². The first kappa shape index (κ1) is 18.3. The average molecular weight is 347 g/mol. The molecule has 2 N–H and O–H groups in total. The summed E-state index contributed by atoms with van der Waals surface area (Å²) >= 11 is 1.53. The zero-order chi connectivity index (χ0) is 16.8. The number of hydrogen-bond acceptors (Lipinski definition) is 6. The minimum absolute atomic E-state index is 0.141. The lowest BCUT2D eigenvalue weighted by Gasteiger charge is -2.12. The Hall–Kier alpha value is -1.74. The minimum atomic E-state index is -3.89. The standard InChI is InChI=1S/C13H17NO6S2/c1-3-22(18,19)20-10-6-4-5-9(11(10)13(16)17)12(15)14-7-8-21-2/h4-6H,3,7-8H2,1-2H3,(H,14,15)(H,16,17). The fourth-order valence-electron chi connectivity index (χ4n) is 1.57. The van der Waals surface area contributed by atoms with E-state index < -0.39 is 27.6 Å². The molecule has 0 heterocycles. The van der Waals surface area contributed by atoms with E-state index in [0.29, 0.717) is 12.3 Å². The van der Waals surface area contributed by atoms with Gasteiger partial charge in [-0.1, -0.05) is 6.07 Å². The predicted octanol–water partition coefficient (Wildman–Crippen LogP) is 1.21. The van der Waals surface area contributed by atoms with E-state index in [9.17, 15) is 23.1 Å². The molecule has 0 aliphatic rings. The van der Waals surface area contributed by atoms with Gasteiger partial charge < -0.3 is 14.6 Å². The first-order valence-corrected chi connectivity index (χ1v) is 9.35. The number of rotatable bonds is 8. The van der Waals surface area contributed by atoms with Crippen molar-refractivity contribution in [3.63, 3.8) is 0 Å². The van der Waals surface area contributed by atoms with Crippen molar-refractivity contribution >= 4 is 33.8 Å². The Labute approximate surface area is 133 Å². The number of amides is 1. The van der Waals surface area contributed by atoms with Crippen LogP contribution in [-0.2, 0) is 10.1 Å². The maximum atomic E-state index is 12.0. The van der Waals surface area contributed by atoms with Gasteiger partial charge in [0.05, 0.1) is 11.3 Å². The first-order valence-electron chi connectivity index (χ1n) is 6.38. The number of benzene rings is 1. The second kappa shape index (κ2) is 8.04. The van der Waals surface area contributed by atoms with Gasteiger partial charge in [0, 0.05) is 12.3 Å². The monoisotopic (exact) mass is 347 g/mol. The SMILES string of the molecule is CCS(=O)(=O)Oc1cccc(C(=O)NCCSC)c1C(=O)O. The molecule has 1 amide bonds. The van der Waals surface area contributed by atoms with Crippen molar-refractivity contribution in [1.29, 1.82) is 0 Å². The molecule has 0 atom stereocenters. The Kier molecular flexibility index (Phi) is 6.69. The van der Waals surface area contributed by atoms with E-state index in [2.05, 4.69) is 5.32 Å². The zero-order valence-electron chi connectivity index (χ0n) is 12.2. The van der Waals surface area contributed by atoms with E-state index in [4.69, 9.17) is 4.18 Å². The largest absolute Gasteiger partial charge is 0.478 e. The Bertz CT molecular complexity index is 656. The summed E-state index contributed by atoms with van der Waals surface area (Å²) in [6.07, 6.45) is 1.87. The Balaban J connectivity index is 3.19. The summed E-state index contributed by atoms with van der Waals surface area (Å²) in [4.78, 5) is 23.4. The van der Waals surface area contributed by atoms with Gasteiger partial charge in [0.15, 0.2) is 5.75 Å². The van der Waals surface area contributed by atoms with E-state index in [-0.39, 0.29) is 17.1 Å². The van der Waals surface area contributed by atoms with Crippen molar-refractivity contribution in [2.45, 2.75) is 6.92 Å². The number of carboxylic acid groups (broad SMARTS) is 1. The lowest BCUT2D eigenvalue weighted by atomic mass is 10.1. The van der Waals surface area contributed by atoms with Gasteiger partial charge in [-0.05, 0) is 25.3 Å². The second-order valence-electron chi connectivity index (χ2n) is 4.16. The van der Waals surface area contributed by atoms with Gasteiger partial charge in [0.25, 0.3) is 5.91 Å². The Morgan fingerprint density at radius 3 is 2.59 bits per heavy atom. The number of nitrogens with one attached hydrogen (secondary N) is 1. The van der Waals surface area contributed by atoms with Gasteiger partial charge in [-0.15, -0.1) is 0 Å². The van der Waals surface area contributed by atoms with Gasteiger partial charge in [0.2, 0.25) is 0 Å². The highest BCUT2D eigenvalue weighted by molar-refractivity contribution is 7.98. The molecule has 7 nitrogen and oxygen atoms in total. The van der Waals surface area contributed by atoms with Crippen LogP contribution in [0, 0.1) is 0 Å². The highest BCUT2D eigenvalue weighted by Gasteiger charge is 2.24. The number of hydrogen-bond donors (Lipinski definition) is 2. The van der Waals surface area contributed by atoms with E-state index in [1.54, 1.807) is 0 Å². The smallest absolute Gasteiger partial charge is 0.340 e. The molecular formula is C13H17NO6S2. The molecule has 0 bridgehead atoms. The molecule has 0 radical (unpaired) electrons. The van der Waals surface area contributed by atoms with E-state index >= 15 is 0 Å². The molecule has 0 fully saturated rings. The van der Waals surface area contributed by atoms with Crippen LogP contribution in [0.15, 0.2) is 18.2 Å². The lowest BCUT2D eigenvalue weighted by molar-refractivity contribution is 0.0689. The molecule has 0 saturated heterocycles. The highest BCUT2D eigenvalue weighted by atomic mass is 32.2. The molecule has 1 aromatic carbocycles. The summed E-state index contributed by atoms with van der Waals surface area (Å²) < 4.78 is 27.8. The van der Waals surface area contributed by atoms with Crippen LogP contribution in [0.2, 0.25) is 0 Å². The minimum Gasteiger partial charge on any atom is -0.478 e. The molecular weight excluding hydrogens is 330 g/mol. The van der Waals surface area contributed by atoms with Crippen LogP contribution in [0.5, 0.6) is 5.75 Å². The summed E-state index contributed by atoms with van der Waals surface area (Å²) in [7, 11) is -3.89. The first-order chi connectivity index (χ1) is 10.3. The lowest BCUT2D eigenvalue weighted by Crippen LogP contribution is -2.28. The third kappa shape index (κ3) is 4.92. The molecule has 0 unspecified atom stereocenters.